The van der Waals surface area contributed by atoms with Crippen LogP contribution in [0.25, 0.3) is 0 Å². The predicted molar refractivity (Wildman–Crippen MR) is 80.3 cm³/mol. The van der Waals surface area contributed by atoms with Crippen molar-refractivity contribution in [2.75, 3.05) is 13.2 Å². The number of hydrogen-bond acceptors (Lipinski definition) is 6. The molecule has 0 saturated heterocycles. The Kier molecular flexibility index (Phi) is 25.8. The van der Waals surface area contributed by atoms with Crippen LogP contribution in [0.15, 0.2) is 0 Å². The lowest BCUT2D eigenvalue weighted by atomic mass is 10.2. The number of aliphatic hydroxyl groups is 4. The number of aliphatic carboxylic acids is 2. The van der Waals surface area contributed by atoms with E-state index < -0.39 is 18.2 Å². The highest BCUT2D eigenvalue weighted by molar-refractivity contribution is 5.67. The van der Waals surface area contributed by atoms with Crippen molar-refractivity contribution >= 4 is 11.9 Å². The molecule has 0 saturated carbocycles. The predicted octanol–water partition coefficient (Wildman–Crippen LogP) is 0.564. The lowest BCUT2D eigenvalue weighted by Gasteiger charge is -1.99. The molecule has 6 N–H and O–H groups in total. The Hall–Kier alpha value is -1.22. The lowest BCUT2D eigenvalue weighted by Crippen LogP contribution is -2.02. The van der Waals surface area contributed by atoms with E-state index in [1.807, 2.05) is 0 Å². The molecule has 0 aromatic heterocycles. The number of carboxylic acids is 2. The Labute approximate surface area is 131 Å². The van der Waals surface area contributed by atoms with Crippen LogP contribution in [0.1, 0.15) is 58.3 Å². The van der Waals surface area contributed by atoms with Gasteiger partial charge in [-0.1, -0.05) is 19.8 Å². The summed E-state index contributed by atoms with van der Waals surface area (Å²) in [4.78, 5) is 19.8. The van der Waals surface area contributed by atoms with Crippen molar-refractivity contribution in [3.05, 3.63) is 0 Å². The summed E-state index contributed by atoms with van der Waals surface area (Å²) >= 11 is 0. The Morgan fingerprint density at radius 1 is 0.818 bits per heavy atom. The lowest BCUT2D eigenvalue weighted by molar-refractivity contribution is -0.139. The van der Waals surface area contributed by atoms with Crippen LogP contribution < -0.4 is 0 Å². The molecular formula is C14H30O8. The highest BCUT2D eigenvalue weighted by atomic mass is 16.5. The van der Waals surface area contributed by atoms with E-state index in [-0.39, 0.29) is 26.1 Å². The Morgan fingerprint density at radius 2 is 1.23 bits per heavy atom. The molecule has 0 aliphatic heterocycles. The molecule has 0 unspecified atom stereocenters. The van der Waals surface area contributed by atoms with Crippen molar-refractivity contribution in [2.24, 2.45) is 0 Å². The second-order valence-corrected chi connectivity index (χ2v) is 4.42. The quantitative estimate of drug-likeness (QED) is 0.251. The first kappa shape index (κ1) is 25.7. The Bertz CT molecular complexity index is 225. The molecule has 0 heterocycles. The number of aliphatic hydroxyl groups excluding tert-OH is 3. The highest BCUT2D eigenvalue weighted by Gasteiger charge is 1.99. The van der Waals surface area contributed by atoms with Gasteiger partial charge in [-0.25, -0.2) is 0 Å². The summed E-state index contributed by atoms with van der Waals surface area (Å²) in [5, 5.41) is 48.2. The minimum absolute atomic E-state index is 0.0628. The molecule has 0 atom stereocenters. The summed E-state index contributed by atoms with van der Waals surface area (Å²) in [6.07, 6.45) is 3.59. The second kappa shape index (κ2) is 22.1. The van der Waals surface area contributed by atoms with Crippen LogP contribution in [-0.4, -0.2) is 62.1 Å². The van der Waals surface area contributed by atoms with E-state index in [1.165, 1.54) is 0 Å². The molecule has 0 aliphatic carbocycles. The normalized spacial score (nSPS) is 9.36. The fraction of sp³-hybridized carbons (Fsp3) is 0.857. The van der Waals surface area contributed by atoms with Crippen LogP contribution in [-0.2, 0) is 9.59 Å². The van der Waals surface area contributed by atoms with Gasteiger partial charge in [0.25, 0.3) is 0 Å². The van der Waals surface area contributed by atoms with Gasteiger partial charge in [0, 0.05) is 12.8 Å². The summed E-state index contributed by atoms with van der Waals surface area (Å²) in [5.41, 5.74) is 0. The number of carboxylic acid groups (broad SMARTS) is 2. The average molecular weight is 326 g/mol. The van der Waals surface area contributed by atoms with Crippen LogP contribution in [0.3, 0.4) is 0 Å². The van der Waals surface area contributed by atoms with E-state index in [0.717, 1.165) is 19.3 Å². The van der Waals surface area contributed by atoms with Crippen LogP contribution in [0.2, 0.25) is 0 Å². The van der Waals surface area contributed by atoms with Crippen molar-refractivity contribution < 1.29 is 40.2 Å². The third-order valence-corrected chi connectivity index (χ3v) is 2.20. The van der Waals surface area contributed by atoms with E-state index in [9.17, 15) is 9.59 Å². The van der Waals surface area contributed by atoms with E-state index in [2.05, 4.69) is 6.92 Å². The number of rotatable bonds is 10. The number of carbonyl (C=O) groups is 2. The minimum atomic E-state index is -1.10. The van der Waals surface area contributed by atoms with Crippen LogP contribution in [0, 0.1) is 0 Å². The zero-order chi connectivity index (χ0) is 17.8. The summed E-state index contributed by atoms with van der Waals surface area (Å²) in [7, 11) is 0. The molecule has 0 amide bonds. The maximum atomic E-state index is 9.90. The van der Waals surface area contributed by atoms with E-state index in [1.54, 1.807) is 0 Å². The second-order valence-electron chi connectivity index (χ2n) is 4.42. The number of unbranched alkanes of at least 4 members (excludes halogenated alkanes) is 3. The Balaban J connectivity index is -0.000000269. The van der Waals surface area contributed by atoms with E-state index >= 15 is 0 Å². The topological polar surface area (TPSA) is 156 Å². The molecule has 0 aliphatic rings. The largest absolute Gasteiger partial charge is 0.481 e. The van der Waals surface area contributed by atoms with Crippen molar-refractivity contribution in [1.29, 1.82) is 0 Å². The van der Waals surface area contributed by atoms with Crippen LogP contribution >= 0.6 is 0 Å². The van der Waals surface area contributed by atoms with Gasteiger partial charge in [0.15, 0.2) is 6.29 Å². The molecule has 0 bridgehead atoms. The van der Waals surface area contributed by atoms with Gasteiger partial charge >= 0.3 is 11.9 Å². The minimum Gasteiger partial charge on any atom is -0.481 e. The fourth-order valence-corrected chi connectivity index (χ4v) is 1.13. The molecule has 134 valence electrons. The number of hydrogen-bond donors (Lipinski definition) is 6. The van der Waals surface area contributed by atoms with Crippen LogP contribution in [0.4, 0.5) is 0 Å². The third kappa shape index (κ3) is 42.8. The van der Waals surface area contributed by atoms with Crippen LogP contribution in [0.5, 0.6) is 0 Å². The maximum absolute atomic E-state index is 9.90. The van der Waals surface area contributed by atoms with Gasteiger partial charge in [-0.2, -0.15) is 0 Å². The standard InChI is InChI=1S/C6H10O4.C6H14O2.C2H6O2/c7-5(8)3-1-2-4-6(9)10;1-2-3-4-5-6(7)8;3-1-2-4/h1-4H2,(H,7,8)(H,9,10);6-8H,2-5H2,1H3;3-4H,1-2H2. The van der Waals surface area contributed by atoms with Crippen molar-refractivity contribution in [2.45, 2.75) is 64.6 Å². The van der Waals surface area contributed by atoms with Gasteiger partial charge in [-0.15, -0.1) is 0 Å². The summed E-state index contributed by atoms with van der Waals surface area (Å²) < 4.78 is 0. The zero-order valence-electron chi connectivity index (χ0n) is 13.1. The molecule has 0 spiro atoms. The molecule has 22 heavy (non-hydrogen) atoms. The smallest absolute Gasteiger partial charge is 0.303 e. The van der Waals surface area contributed by atoms with Gasteiger partial charge in [0.1, 0.15) is 0 Å². The highest BCUT2D eigenvalue weighted by Crippen LogP contribution is 2.00. The van der Waals surface area contributed by atoms with Crippen molar-refractivity contribution in [1.82, 2.24) is 0 Å². The SMILES string of the molecule is CCCCCC(O)O.O=C(O)CCCCC(=O)O.OCCO. The van der Waals surface area contributed by atoms with Crippen molar-refractivity contribution in [3.8, 4) is 0 Å². The molecule has 0 radical (unpaired) electrons. The summed E-state index contributed by atoms with van der Waals surface area (Å²) in [6.45, 7) is 1.84. The van der Waals surface area contributed by atoms with E-state index in [4.69, 9.17) is 30.6 Å². The van der Waals surface area contributed by atoms with Gasteiger partial charge < -0.3 is 30.6 Å². The first-order chi connectivity index (χ1) is 10.3. The Morgan fingerprint density at radius 3 is 1.45 bits per heavy atom. The van der Waals surface area contributed by atoms with Gasteiger partial charge in [0.05, 0.1) is 13.2 Å². The summed E-state index contributed by atoms with van der Waals surface area (Å²) in [6, 6.07) is 0. The third-order valence-electron chi connectivity index (χ3n) is 2.20. The monoisotopic (exact) mass is 326 g/mol. The van der Waals surface area contributed by atoms with E-state index in [0.29, 0.717) is 19.3 Å². The maximum Gasteiger partial charge on any atom is 0.303 e. The fourth-order valence-electron chi connectivity index (χ4n) is 1.13. The summed E-state index contributed by atoms with van der Waals surface area (Å²) in [5.74, 6) is -1.74. The molecule has 0 rings (SSSR count). The van der Waals surface area contributed by atoms with Gasteiger partial charge in [-0.05, 0) is 25.7 Å². The van der Waals surface area contributed by atoms with Crippen molar-refractivity contribution in [3.63, 3.8) is 0 Å². The first-order valence-corrected chi connectivity index (χ1v) is 7.33. The molecule has 0 fully saturated rings. The molecule has 0 aromatic carbocycles. The van der Waals surface area contributed by atoms with Gasteiger partial charge in [-0.3, -0.25) is 9.59 Å². The first-order valence-electron chi connectivity index (χ1n) is 7.33. The average Bonchev–Trinajstić information content (AvgIpc) is 2.44. The molecule has 8 nitrogen and oxygen atoms in total. The molecule has 0 aromatic rings. The molecule has 8 heteroatoms. The zero-order valence-corrected chi connectivity index (χ0v) is 13.1. The van der Waals surface area contributed by atoms with Gasteiger partial charge in [0.2, 0.25) is 0 Å². The molecular weight excluding hydrogens is 296 g/mol.